The number of carbonyl (C=O) groups excluding carboxylic acids is 3. The van der Waals surface area contributed by atoms with Gasteiger partial charge in [0.25, 0.3) is 0 Å². The van der Waals surface area contributed by atoms with E-state index in [1.807, 2.05) is 26.0 Å². The van der Waals surface area contributed by atoms with Crippen LogP contribution in [0.4, 0.5) is 0 Å². The van der Waals surface area contributed by atoms with E-state index >= 15 is 0 Å². The predicted molar refractivity (Wildman–Crippen MR) is 106 cm³/mol. The van der Waals surface area contributed by atoms with E-state index in [4.69, 9.17) is 14.3 Å². The van der Waals surface area contributed by atoms with Crippen LogP contribution in [0.2, 0.25) is 0 Å². The molecular weight excluding hydrogens is 340 g/mol. The lowest BCUT2D eigenvalue weighted by Crippen LogP contribution is -2.08. The van der Waals surface area contributed by atoms with Crippen LogP contribution in [0.15, 0.2) is 43.5 Å². The van der Waals surface area contributed by atoms with Gasteiger partial charge in [0.2, 0.25) is 0 Å². The Morgan fingerprint density at radius 2 is 1.48 bits per heavy atom. The quantitative estimate of drug-likeness (QED) is 0.440. The van der Waals surface area contributed by atoms with E-state index in [9.17, 15) is 4.79 Å². The standard InChI is InChI=1S/C22H24O2.CO2/c1-7-20-16(5)9-14(3)11-18(20)13-19-12-15(4)10-17(6)22(19)24-21(23)8-2;2-1-3/h7-12H,1-2,13H2,3-6H3;. The van der Waals surface area contributed by atoms with Crippen molar-refractivity contribution in [3.8, 4) is 5.75 Å². The second-order valence-electron chi connectivity index (χ2n) is 6.31. The average molecular weight is 364 g/mol. The Labute approximate surface area is 160 Å². The average Bonchev–Trinajstić information content (AvgIpc) is 2.58. The summed E-state index contributed by atoms with van der Waals surface area (Å²) in [6.07, 6.45) is 4.02. The molecule has 0 aliphatic carbocycles. The third-order valence-electron chi connectivity index (χ3n) is 4.07. The van der Waals surface area contributed by atoms with Crippen LogP contribution < -0.4 is 4.74 Å². The summed E-state index contributed by atoms with van der Waals surface area (Å²) in [4.78, 5) is 27.9. The molecule has 0 bridgehead atoms. The fraction of sp³-hybridized carbons (Fsp3) is 0.217. The Kier molecular flexibility index (Phi) is 8.12. The van der Waals surface area contributed by atoms with Gasteiger partial charge in [-0.05, 0) is 55.5 Å². The molecule has 0 fully saturated rings. The van der Waals surface area contributed by atoms with E-state index < -0.39 is 5.97 Å². The Balaban J connectivity index is 0.00000114. The highest BCUT2D eigenvalue weighted by molar-refractivity contribution is 5.84. The molecular formula is C23H24O4. The number of esters is 1. The summed E-state index contributed by atoms with van der Waals surface area (Å²) in [5.41, 5.74) is 7.83. The monoisotopic (exact) mass is 364 g/mol. The molecule has 2 aromatic carbocycles. The van der Waals surface area contributed by atoms with Gasteiger partial charge in [0.05, 0.1) is 0 Å². The second kappa shape index (κ2) is 10.0. The van der Waals surface area contributed by atoms with E-state index in [0.717, 1.165) is 22.3 Å². The van der Waals surface area contributed by atoms with E-state index in [1.54, 1.807) is 0 Å². The highest BCUT2D eigenvalue weighted by Gasteiger charge is 2.14. The molecule has 0 aromatic heterocycles. The normalized spacial score (nSPS) is 9.48. The van der Waals surface area contributed by atoms with Gasteiger partial charge in [-0.2, -0.15) is 9.59 Å². The molecule has 140 valence electrons. The molecule has 0 N–H and O–H groups in total. The maximum absolute atomic E-state index is 11.7. The summed E-state index contributed by atoms with van der Waals surface area (Å²) in [6.45, 7) is 15.6. The minimum absolute atomic E-state index is 0.250. The van der Waals surface area contributed by atoms with Crippen molar-refractivity contribution in [3.63, 3.8) is 0 Å². The number of hydrogen-bond donors (Lipinski definition) is 0. The minimum Gasteiger partial charge on any atom is -0.423 e. The Bertz CT molecular complexity index is 901. The molecule has 4 nitrogen and oxygen atoms in total. The molecule has 27 heavy (non-hydrogen) atoms. The largest absolute Gasteiger partial charge is 0.423 e. The molecule has 0 saturated carbocycles. The van der Waals surface area contributed by atoms with Crippen LogP contribution >= 0.6 is 0 Å². The van der Waals surface area contributed by atoms with Crippen LogP contribution in [0, 0.1) is 27.7 Å². The summed E-state index contributed by atoms with van der Waals surface area (Å²) < 4.78 is 5.50. The fourth-order valence-electron chi connectivity index (χ4n) is 3.17. The highest BCUT2D eigenvalue weighted by Crippen LogP contribution is 2.30. The summed E-state index contributed by atoms with van der Waals surface area (Å²) in [5.74, 6) is 0.187. The van der Waals surface area contributed by atoms with Crippen LogP contribution in [-0.4, -0.2) is 12.1 Å². The number of aryl methyl sites for hydroxylation is 4. The molecule has 0 aliphatic rings. The molecule has 0 saturated heterocycles. The zero-order chi connectivity index (χ0) is 20.6. The first-order valence-corrected chi connectivity index (χ1v) is 8.43. The van der Waals surface area contributed by atoms with Crippen molar-refractivity contribution in [2.24, 2.45) is 0 Å². The van der Waals surface area contributed by atoms with Gasteiger partial charge in [-0.15, -0.1) is 0 Å². The van der Waals surface area contributed by atoms with Crippen molar-refractivity contribution in [2.45, 2.75) is 34.1 Å². The van der Waals surface area contributed by atoms with Crippen molar-refractivity contribution in [1.29, 1.82) is 0 Å². The molecule has 0 radical (unpaired) electrons. The molecule has 0 heterocycles. The van der Waals surface area contributed by atoms with Crippen molar-refractivity contribution in [2.75, 3.05) is 0 Å². The van der Waals surface area contributed by atoms with Crippen LogP contribution in [-0.2, 0) is 20.8 Å². The van der Waals surface area contributed by atoms with Crippen molar-refractivity contribution < 1.29 is 19.1 Å². The van der Waals surface area contributed by atoms with Gasteiger partial charge >= 0.3 is 12.1 Å². The van der Waals surface area contributed by atoms with Crippen LogP contribution in [0.25, 0.3) is 6.08 Å². The molecule has 0 atom stereocenters. The second-order valence-corrected chi connectivity index (χ2v) is 6.31. The molecule has 0 spiro atoms. The van der Waals surface area contributed by atoms with Crippen LogP contribution in [0.3, 0.4) is 0 Å². The van der Waals surface area contributed by atoms with Gasteiger partial charge in [0.1, 0.15) is 5.75 Å². The third-order valence-corrected chi connectivity index (χ3v) is 4.07. The molecule has 0 unspecified atom stereocenters. The number of carbonyl (C=O) groups is 1. The van der Waals surface area contributed by atoms with Gasteiger partial charge in [-0.1, -0.05) is 54.6 Å². The molecule has 2 rings (SSSR count). The highest BCUT2D eigenvalue weighted by atomic mass is 16.5. The Hall–Kier alpha value is -3.23. The van der Waals surface area contributed by atoms with Gasteiger partial charge in [-0.3, -0.25) is 0 Å². The topological polar surface area (TPSA) is 60.4 Å². The number of hydrogen-bond acceptors (Lipinski definition) is 4. The first kappa shape index (κ1) is 21.8. The smallest absolute Gasteiger partial charge is 0.373 e. The molecule has 2 aromatic rings. The zero-order valence-electron chi connectivity index (χ0n) is 16.2. The lowest BCUT2D eigenvalue weighted by Gasteiger charge is -2.16. The number of ether oxygens (including phenoxy) is 1. The van der Waals surface area contributed by atoms with E-state index in [0.29, 0.717) is 12.2 Å². The zero-order valence-corrected chi connectivity index (χ0v) is 16.2. The van der Waals surface area contributed by atoms with Gasteiger partial charge in [0.15, 0.2) is 0 Å². The summed E-state index contributed by atoms with van der Waals surface area (Å²) in [6, 6.07) is 8.41. The van der Waals surface area contributed by atoms with Gasteiger partial charge in [-0.25, -0.2) is 4.79 Å². The summed E-state index contributed by atoms with van der Waals surface area (Å²) in [5, 5.41) is 0. The molecule has 0 amide bonds. The van der Waals surface area contributed by atoms with Crippen molar-refractivity contribution in [3.05, 3.63) is 82.4 Å². The van der Waals surface area contributed by atoms with Gasteiger partial charge < -0.3 is 4.74 Å². The fourth-order valence-corrected chi connectivity index (χ4v) is 3.17. The number of rotatable bonds is 5. The van der Waals surface area contributed by atoms with Crippen LogP contribution in [0.1, 0.15) is 38.9 Å². The molecule has 4 heteroatoms. The lowest BCUT2D eigenvalue weighted by atomic mass is 9.92. The maximum atomic E-state index is 11.7. The Morgan fingerprint density at radius 3 is 2.00 bits per heavy atom. The molecule has 0 aliphatic heterocycles. The predicted octanol–water partition coefficient (Wildman–Crippen LogP) is 4.66. The van der Waals surface area contributed by atoms with E-state index in [2.05, 4.69) is 45.2 Å². The van der Waals surface area contributed by atoms with Crippen LogP contribution in [0.5, 0.6) is 5.75 Å². The first-order chi connectivity index (χ1) is 12.8. The van der Waals surface area contributed by atoms with E-state index in [-0.39, 0.29) is 6.15 Å². The van der Waals surface area contributed by atoms with E-state index in [1.165, 1.54) is 22.8 Å². The van der Waals surface area contributed by atoms with Gasteiger partial charge in [0, 0.05) is 12.5 Å². The first-order valence-electron chi connectivity index (χ1n) is 8.43. The summed E-state index contributed by atoms with van der Waals surface area (Å²) in [7, 11) is 0. The maximum Gasteiger partial charge on any atom is 0.373 e. The minimum atomic E-state index is -0.437. The Morgan fingerprint density at radius 1 is 0.963 bits per heavy atom. The lowest BCUT2D eigenvalue weighted by molar-refractivity contribution is -0.191. The van der Waals surface area contributed by atoms with Crippen molar-refractivity contribution in [1.82, 2.24) is 0 Å². The number of benzene rings is 2. The van der Waals surface area contributed by atoms with Crippen molar-refractivity contribution >= 4 is 18.2 Å². The third kappa shape index (κ3) is 5.91. The summed E-state index contributed by atoms with van der Waals surface area (Å²) >= 11 is 0. The SMILES string of the molecule is C=CC(=O)Oc1c(C)cc(C)cc1Cc1cc(C)cc(C)c1C=C.O=C=O.